The van der Waals surface area contributed by atoms with Crippen molar-refractivity contribution in [2.24, 2.45) is 5.92 Å². The van der Waals surface area contributed by atoms with Crippen LogP contribution >= 0.6 is 0 Å². The second-order valence-electron chi connectivity index (χ2n) is 5.51. The minimum atomic E-state index is 0.372. The molecule has 1 aliphatic rings. The number of nitrogens with zero attached hydrogens (tertiary/aromatic N) is 3. The Bertz CT molecular complexity index is 364. The summed E-state index contributed by atoms with van der Waals surface area (Å²) in [5.41, 5.74) is 2.02. The minimum absolute atomic E-state index is 0.372. The zero-order valence-corrected chi connectivity index (χ0v) is 11.6. The molecule has 1 saturated heterocycles. The molecule has 0 aliphatic carbocycles. The molecule has 0 saturated carbocycles. The maximum Gasteiger partial charge on any atom is 0.0727 e. The van der Waals surface area contributed by atoms with Gasteiger partial charge in [-0.05, 0) is 19.3 Å². The molecule has 0 spiro atoms. The highest BCUT2D eigenvalue weighted by molar-refractivity contribution is 5.00. The molecule has 2 heterocycles. The Morgan fingerprint density at radius 2 is 2.22 bits per heavy atom. The average molecular weight is 249 g/mol. The number of aryl methyl sites for hydroxylation is 1. The van der Waals surface area contributed by atoms with Crippen LogP contribution in [-0.4, -0.2) is 40.7 Å². The Balaban J connectivity index is 1.87. The second kappa shape index (κ2) is 6.25. The van der Waals surface area contributed by atoms with E-state index in [1.165, 1.54) is 0 Å². The molecule has 1 aliphatic heterocycles. The van der Waals surface area contributed by atoms with E-state index in [-0.39, 0.29) is 0 Å². The first-order valence-electron chi connectivity index (χ1n) is 6.75. The van der Waals surface area contributed by atoms with Crippen molar-refractivity contribution >= 4 is 0 Å². The first-order chi connectivity index (χ1) is 8.63. The molecule has 2 rings (SSSR count). The lowest BCUT2D eigenvalue weighted by molar-refractivity contribution is -0.0403. The van der Waals surface area contributed by atoms with Crippen molar-refractivity contribution in [2.75, 3.05) is 19.7 Å². The predicted molar refractivity (Wildman–Crippen MR) is 71.2 cm³/mol. The highest BCUT2D eigenvalue weighted by atomic mass is 16.5. The van der Waals surface area contributed by atoms with E-state index >= 15 is 0 Å². The summed E-state index contributed by atoms with van der Waals surface area (Å²) in [6.45, 7) is 10.2. The molecular formula is C14H23N3O. The van der Waals surface area contributed by atoms with Crippen LogP contribution in [0.1, 0.15) is 31.7 Å². The van der Waals surface area contributed by atoms with E-state index in [0.717, 1.165) is 44.0 Å². The summed E-state index contributed by atoms with van der Waals surface area (Å²) < 4.78 is 5.80. The molecule has 1 fully saturated rings. The molecule has 18 heavy (non-hydrogen) atoms. The third-order valence-corrected chi connectivity index (χ3v) is 3.18. The molecule has 0 aromatic carbocycles. The van der Waals surface area contributed by atoms with Crippen LogP contribution in [0.5, 0.6) is 0 Å². The van der Waals surface area contributed by atoms with Gasteiger partial charge in [0.2, 0.25) is 0 Å². The van der Waals surface area contributed by atoms with Crippen LogP contribution in [0, 0.1) is 12.8 Å². The Kier molecular flexibility index (Phi) is 4.66. The number of rotatable bonds is 4. The number of aromatic nitrogens is 2. The summed E-state index contributed by atoms with van der Waals surface area (Å²) in [5.74, 6) is 0.689. The third-order valence-electron chi connectivity index (χ3n) is 3.18. The summed E-state index contributed by atoms with van der Waals surface area (Å²) in [7, 11) is 0. The van der Waals surface area contributed by atoms with Crippen molar-refractivity contribution in [3.8, 4) is 0 Å². The van der Waals surface area contributed by atoms with Gasteiger partial charge in [0, 0.05) is 32.0 Å². The van der Waals surface area contributed by atoms with Gasteiger partial charge in [0.25, 0.3) is 0 Å². The van der Waals surface area contributed by atoms with Gasteiger partial charge in [-0.1, -0.05) is 13.8 Å². The number of hydrogen-bond acceptors (Lipinski definition) is 4. The average Bonchev–Trinajstić information content (AvgIpc) is 2.32. The molecule has 0 amide bonds. The predicted octanol–water partition coefficient (Wildman–Crippen LogP) is 2.03. The molecule has 1 atom stereocenters. The number of morpholine rings is 1. The van der Waals surface area contributed by atoms with Crippen LogP contribution in [0.2, 0.25) is 0 Å². The zero-order valence-electron chi connectivity index (χ0n) is 11.6. The van der Waals surface area contributed by atoms with E-state index in [0.29, 0.717) is 12.0 Å². The van der Waals surface area contributed by atoms with Crippen molar-refractivity contribution in [3.05, 3.63) is 23.8 Å². The van der Waals surface area contributed by atoms with Crippen LogP contribution in [0.15, 0.2) is 12.4 Å². The van der Waals surface area contributed by atoms with E-state index in [4.69, 9.17) is 4.74 Å². The first kappa shape index (κ1) is 13.4. The fourth-order valence-electron chi connectivity index (χ4n) is 2.32. The maximum atomic E-state index is 5.80. The summed E-state index contributed by atoms with van der Waals surface area (Å²) in [4.78, 5) is 11.1. The number of ether oxygens (including phenoxy) is 1. The van der Waals surface area contributed by atoms with Gasteiger partial charge in [-0.2, -0.15) is 0 Å². The Hall–Kier alpha value is -1.00. The fourth-order valence-corrected chi connectivity index (χ4v) is 2.32. The summed E-state index contributed by atoms with van der Waals surface area (Å²) in [6.07, 6.45) is 5.22. The topological polar surface area (TPSA) is 38.2 Å². The fraction of sp³-hybridized carbons (Fsp3) is 0.714. The van der Waals surface area contributed by atoms with Gasteiger partial charge in [-0.15, -0.1) is 0 Å². The normalized spacial score (nSPS) is 21.4. The third kappa shape index (κ3) is 4.03. The van der Waals surface area contributed by atoms with Gasteiger partial charge in [-0.25, -0.2) is 0 Å². The van der Waals surface area contributed by atoms with Crippen molar-refractivity contribution in [2.45, 2.75) is 39.8 Å². The lowest BCUT2D eigenvalue weighted by Crippen LogP contribution is -2.42. The van der Waals surface area contributed by atoms with Gasteiger partial charge in [0.15, 0.2) is 0 Å². The van der Waals surface area contributed by atoms with Crippen LogP contribution in [0.3, 0.4) is 0 Å². The van der Waals surface area contributed by atoms with Crippen molar-refractivity contribution < 1.29 is 4.74 Å². The lowest BCUT2D eigenvalue weighted by Gasteiger charge is -2.33. The molecule has 100 valence electrons. The molecule has 1 unspecified atom stereocenters. The van der Waals surface area contributed by atoms with Crippen molar-refractivity contribution in [3.63, 3.8) is 0 Å². The quantitative estimate of drug-likeness (QED) is 0.818. The first-order valence-corrected chi connectivity index (χ1v) is 6.75. The Morgan fingerprint density at radius 3 is 2.89 bits per heavy atom. The Morgan fingerprint density at radius 1 is 1.39 bits per heavy atom. The Labute approximate surface area is 109 Å². The summed E-state index contributed by atoms with van der Waals surface area (Å²) in [5, 5.41) is 0. The molecule has 0 radical (unpaired) electrons. The van der Waals surface area contributed by atoms with Gasteiger partial charge in [-0.3, -0.25) is 14.9 Å². The lowest BCUT2D eigenvalue weighted by atomic mass is 10.0. The summed E-state index contributed by atoms with van der Waals surface area (Å²) in [6, 6.07) is 0. The van der Waals surface area contributed by atoms with Gasteiger partial charge < -0.3 is 4.74 Å². The van der Waals surface area contributed by atoms with Crippen LogP contribution in [0.4, 0.5) is 0 Å². The molecule has 1 aromatic heterocycles. The highest BCUT2D eigenvalue weighted by Crippen LogP contribution is 2.15. The maximum absolute atomic E-state index is 5.80. The van der Waals surface area contributed by atoms with Crippen LogP contribution in [-0.2, 0) is 11.3 Å². The minimum Gasteiger partial charge on any atom is -0.376 e. The van der Waals surface area contributed by atoms with Crippen LogP contribution in [0.25, 0.3) is 0 Å². The van der Waals surface area contributed by atoms with Gasteiger partial charge in [0.1, 0.15) is 0 Å². The second-order valence-corrected chi connectivity index (χ2v) is 5.51. The molecule has 0 bridgehead atoms. The molecule has 4 heteroatoms. The van der Waals surface area contributed by atoms with E-state index in [1.54, 1.807) is 0 Å². The highest BCUT2D eigenvalue weighted by Gasteiger charge is 2.21. The molecular weight excluding hydrogens is 226 g/mol. The van der Waals surface area contributed by atoms with E-state index in [1.807, 2.05) is 19.3 Å². The SMILES string of the molecule is Cc1cnc(CN2CCOC(CC(C)C)C2)cn1. The molecule has 0 N–H and O–H groups in total. The van der Waals surface area contributed by atoms with Gasteiger partial charge in [0.05, 0.1) is 24.1 Å². The van der Waals surface area contributed by atoms with E-state index in [2.05, 4.69) is 28.7 Å². The van der Waals surface area contributed by atoms with Crippen LogP contribution < -0.4 is 0 Å². The summed E-state index contributed by atoms with van der Waals surface area (Å²) >= 11 is 0. The van der Waals surface area contributed by atoms with Crippen molar-refractivity contribution in [1.82, 2.24) is 14.9 Å². The molecule has 1 aromatic rings. The van der Waals surface area contributed by atoms with E-state index in [9.17, 15) is 0 Å². The standard InChI is InChI=1S/C14H23N3O/c1-11(2)6-14-10-17(4-5-18-14)9-13-8-15-12(3)7-16-13/h7-8,11,14H,4-6,9-10H2,1-3H3. The monoisotopic (exact) mass is 249 g/mol. The van der Waals surface area contributed by atoms with E-state index < -0.39 is 0 Å². The largest absolute Gasteiger partial charge is 0.376 e. The smallest absolute Gasteiger partial charge is 0.0727 e. The number of hydrogen-bond donors (Lipinski definition) is 0. The van der Waals surface area contributed by atoms with Gasteiger partial charge >= 0.3 is 0 Å². The van der Waals surface area contributed by atoms with Crippen molar-refractivity contribution in [1.29, 1.82) is 0 Å². The molecule has 4 nitrogen and oxygen atoms in total. The zero-order chi connectivity index (χ0) is 13.0.